The van der Waals surface area contributed by atoms with Crippen LogP contribution in [0.1, 0.15) is 48.9 Å². The smallest absolute Gasteiger partial charge is 0.263 e. The van der Waals surface area contributed by atoms with Crippen LogP contribution in [0.4, 0.5) is 10.1 Å². The molecular weight excluding hydrogens is 389 g/mol. The van der Waals surface area contributed by atoms with E-state index in [-0.39, 0.29) is 16.6 Å². The third-order valence-electron chi connectivity index (χ3n) is 5.16. The highest BCUT2D eigenvalue weighted by Gasteiger charge is 2.18. The molecule has 0 saturated carbocycles. The normalized spacial score (nSPS) is 14.5. The largest absolute Gasteiger partial charge is 0.360 e. The van der Waals surface area contributed by atoms with E-state index in [0.29, 0.717) is 12.1 Å². The van der Waals surface area contributed by atoms with E-state index in [4.69, 9.17) is 11.6 Å². The number of fused-ring (bicyclic) bond motifs is 1. The Labute approximate surface area is 175 Å². The summed E-state index contributed by atoms with van der Waals surface area (Å²) in [4.78, 5) is 12.6. The topological polar surface area (TPSA) is 64.9 Å². The number of nitrogens with zero attached hydrogens (tertiary/aromatic N) is 1. The average Bonchev–Trinajstić information content (AvgIpc) is 2.74. The molecule has 0 fully saturated rings. The van der Waals surface area contributed by atoms with Gasteiger partial charge < -0.3 is 10.6 Å². The lowest BCUT2D eigenvalue weighted by Gasteiger charge is -2.21. The maximum absolute atomic E-state index is 13.2. The van der Waals surface area contributed by atoms with E-state index >= 15 is 0 Å². The van der Waals surface area contributed by atoms with Crippen LogP contribution in [0.5, 0.6) is 0 Å². The summed E-state index contributed by atoms with van der Waals surface area (Å²) in [6.45, 7) is 2.00. The van der Waals surface area contributed by atoms with E-state index in [2.05, 4.69) is 28.8 Å². The number of aryl methyl sites for hydroxylation is 2. The van der Waals surface area contributed by atoms with E-state index in [9.17, 15) is 14.4 Å². The van der Waals surface area contributed by atoms with Crippen LogP contribution in [-0.2, 0) is 17.6 Å². The number of rotatable bonds is 6. The van der Waals surface area contributed by atoms with Crippen LogP contribution < -0.4 is 10.6 Å². The summed E-state index contributed by atoms with van der Waals surface area (Å²) in [6, 6.07) is 12.2. The van der Waals surface area contributed by atoms with E-state index in [0.717, 1.165) is 18.4 Å². The average molecular weight is 412 g/mol. The lowest BCUT2D eigenvalue weighted by molar-refractivity contribution is -0.117. The van der Waals surface area contributed by atoms with Crippen molar-refractivity contribution in [3.63, 3.8) is 0 Å². The molecule has 6 heteroatoms. The van der Waals surface area contributed by atoms with E-state index in [1.807, 2.05) is 13.0 Å². The van der Waals surface area contributed by atoms with Crippen molar-refractivity contribution < 1.29 is 9.18 Å². The number of benzene rings is 2. The molecule has 0 saturated heterocycles. The predicted molar refractivity (Wildman–Crippen MR) is 113 cm³/mol. The molecule has 1 aliphatic rings. The number of amides is 1. The summed E-state index contributed by atoms with van der Waals surface area (Å²) in [5.41, 5.74) is 4.21. The van der Waals surface area contributed by atoms with E-state index < -0.39 is 11.7 Å². The summed E-state index contributed by atoms with van der Waals surface area (Å²) in [5, 5.41) is 15.1. The molecule has 0 aromatic heterocycles. The number of carbonyl (C=O) groups excluding carboxylic acids is 1. The van der Waals surface area contributed by atoms with Gasteiger partial charge in [0.05, 0.1) is 11.1 Å². The Kier molecular flexibility index (Phi) is 6.90. The number of hydrogen-bond donors (Lipinski definition) is 2. The lowest BCUT2D eigenvalue weighted by atomic mass is 9.88. The third kappa shape index (κ3) is 5.16. The van der Waals surface area contributed by atoms with Crippen molar-refractivity contribution in [3.8, 4) is 6.07 Å². The van der Waals surface area contributed by atoms with Gasteiger partial charge in [-0.1, -0.05) is 36.7 Å². The van der Waals surface area contributed by atoms with Gasteiger partial charge in [0, 0.05) is 11.9 Å². The maximum atomic E-state index is 13.2. The van der Waals surface area contributed by atoms with Crippen LogP contribution in [-0.4, -0.2) is 5.91 Å². The Balaban J connectivity index is 1.71. The van der Waals surface area contributed by atoms with Gasteiger partial charge in [0.25, 0.3) is 5.91 Å². The molecule has 2 aromatic rings. The second-order valence-electron chi connectivity index (χ2n) is 7.11. The zero-order chi connectivity index (χ0) is 20.8. The molecule has 0 heterocycles. The van der Waals surface area contributed by atoms with Gasteiger partial charge in [-0.25, -0.2) is 4.39 Å². The molecule has 2 aromatic carbocycles. The zero-order valence-electron chi connectivity index (χ0n) is 16.3. The highest BCUT2D eigenvalue weighted by molar-refractivity contribution is 6.31. The van der Waals surface area contributed by atoms with E-state index in [1.54, 1.807) is 0 Å². The van der Waals surface area contributed by atoms with Crippen LogP contribution in [0.15, 0.2) is 48.2 Å². The fraction of sp³-hybridized carbons (Fsp3) is 0.304. The van der Waals surface area contributed by atoms with Gasteiger partial charge in [-0.2, -0.15) is 5.26 Å². The fourth-order valence-electron chi connectivity index (χ4n) is 3.52. The molecule has 4 nitrogen and oxygen atoms in total. The summed E-state index contributed by atoms with van der Waals surface area (Å²) < 4.78 is 13.2. The number of nitrogens with one attached hydrogen (secondary N) is 2. The summed E-state index contributed by atoms with van der Waals surface area (Å²) in [5.74, 6) is -0.993. The molecule has 3 rings (SSSR count). The van der Waals surface area contributed by atoms with Gasteiger partial charge in [0.2, 0.25) is 0 Å². The minimum absolute atomic E-state index is 0.0372. The SMILES string of the molecule is CCC(NC(=O)/C(C#N)=C\Nc1ccc(F)c(Cl)c1)c1ccc2c(c1)CCCC2. The molecule has 150 valence electrons. The molecular formula is C23H23ClFN3O. The second kappa shape index (κ2) is 9.58. The van der Waals surface area contributed by atoms with Crippen molar-refractivity contribution in [2.45, 2.75) is 45.1 Å². The molecule has 29 heavy (non-hydrogen) atoms. The quantitative estimate of drug-likeness (QED) is 0.491. The Morgan fingerprint density at radius 3 is 2.69 bits per heavy atom. The first-order chi connectivity index (χ1) is 14.0. The monoisotopic (exact) mass is 411 g/mol. The van der Waals surface area contributed by atoms with Crippen molar-refractivity contribution >= 4 is 23.2 Å². The number of anilines is 1. The number of hydrogen-bond acceptors (Lipinski definition) is 3. The summed E-state index contributed by atoms with van der Waals surface area (Å²) in [6.07, 6.45) is 6.62. The predicted octanol–water partition coefficient (Wildman–Crippen LogP) is 5.44. The van der Waals surface area contributed by atoms with Gasteiger partial charge >= 0.3 is 0 Å². The molecule has 1 unspecified atom stereocenters. The van der Waals surface area contributed by atoms with Crippen LogP contribution in [0.25, 0.3) is 0 Å². The van der Waals surface area contributed by atoms with Gasteiger partial charge in [0.15, 0.2) is 0 Å². The molecule has 0 radical (unpaired) electrons. The number of halogens is 2. The van der Waals surface area contributed by atoms with Crippen LogP contribution >= 0.6 is 11.6 Å². The van der Waals surface area contributed by atoms with Crippen molar-refractivity contribution in [2.75, 3.05) is 5.32 Å². The van der Waals surface area contributed by atoms with Crippen LogP contribution in [0.2, 0.25) is 5.02 Å². The molecule has 1 atom stereocenters. The first-order valence-electron chi connectivity index (χ1n) is 9.76. The third-order valence-corrected chi connectivity index (χ3v) is 5.45. The highest BCUT2D eigenvalue weighted by Crippen LogP contribution is 2.26. The lowest BCUT2D eigenvalue weighted by Crippen LogP contribution is -2.29. The van der Waals surface area contributed by atoms with Crippen molar-refractivity contribution in [2.24, 2.45) is 0 Å². The maximum Gasteiger partial charge on any atom is 0.263 e. The highest BCUT2D eigenvalue weighted by atomic mass is 35.5. The minimum atomic E-state index is -0.532. The Bertz CT molecular complexity index is 981. The second-order valence-corrected chi connectivity index (χ2v) is 7.52. The molecule has 0 aliphatic heterocycles. The summed E-state index contributed by atoms with van der Waals surface area (Å²) in [7, 11) is 0. The van der Waals surface area contributed by atoms with Crippen LogP contribution in [0.3, 0.4) is 0 Å². The van der Waals surface area contributed by atoms with E-state index in [1.165, 1.54) is 48.4 Å². The van der Waals surface area contributed by atoms with Gasteiger partial charge in [-0.05, 0) is 67.0 Å². The fourth-order valence-corrected chi connectivity index (χ4v) is 3.70. The Hall–Kier alpha value is -2.84. The number of carbonyl (C=O) groups is 1. The van der Waals surface area contributed by atoms with Crippen molar-refractivity contribution in [1.82, 2.24) is 5.32 Å². The first-order valence-corrected chi connectivity index (χ1v) is 10.1. The van der Waals surface area contributed by atoms with Gasteiger partial charge in [0.1, 0.15) is 17.5 Å². The number of nitriles is 1. The van der Waals surface area contributed by atoms with Crippen molar-refractivity contribution in [3.05, 3.63) is 75.7 Å². The minimum Gasteiger partial charge on any atom is -0.360 e. The Morgan fingerprint density at radius 2 is 2.00 bits per heavy atom. The molecule has 2 N–H and O–H groups in total. The van der Waals surface area contributed by atoms with Gasteiger partial charge in [-0.3, -0.25) is 4.79 Å². The molecule has 0 spiro atoms. The molecule has 1 aliphatic carbocycles. The summed E-state index contributed by atoms with van der Waals surface area (Å²) >= 11 is 5.75. The standard InChI is InChI=1S/C23H23ClFN3O/c1-2-22(17-8-7-15-5-3-4-6-16(15)11-17)28-23(29)18(13-26)14-27-19-9-10-21(25)20(24)12-19/h7-12,14,22,27H,2-6H2,1H3,(H,28,29)/b18-14-. The Morgan fingerprint density at radius 1 is 1.24 bits per heavy atom. The first kappa shape index (κ1) is 20.9. The zero-order valence-corrected chi connectivity index (χ0v) is 17.0. The molecule has 1 amide bonds. The van der Waals surface area contributed by atoms with Crippen LogP contribution in [0, 0.1) is 17.1 Å². The van der Waals surface area contributed by atoms with Crippen molar-refractivity contribution in [1.29, 1.82) is 5.26 Å². The molecule has 0 bridgehead atoms. The van der Waals surface area contributed by atoms with Gasteiger partial charge in [-0.15, -0.1) is 0 Å².